The summed E-state index contributed by atoms with van der Waals surface area (Å²) in [6, 6.07) is 5.79. The number of aliphatic hydroxyl groups excluding tert-OH is 2. The molecule has 31 heavy (non-hydrogen) atoms. The minimum absolute atomic E-state index is 0. The summed E-state index contributed by atoms with van der Waals surface area (Å²) in [5.41, 5.74) is 2.03. The molecule has 1 aromatic rings. The van der Waals surface area contributed by atoms with Gasteiger partial charge in [0.15, 0.2) is 0 Å². The minimum Gasteiger partial charge on any atom is -0.499 e. The summed E-state index contributed by atoms with van der Waals surface area (Å²) in [5, 5.41) is 20.5. The van der Waals surface area contributed by atoms with Gasteiger partial charge in [0.25, 0.3) is 0 Å². The fourth-order valence-electron chi connectivity index (χ4n) is 4.53. The molecule has 0 aliphatic heterocycles. The van der Waals surface area contributed by atoms with Crippen molar-refractivity contribution in [2.24, 2.45) is 11.8 Å². The maximum atomic E-state index is 11.3. The first-order chi connectivity index (χ1) is 14.5. The van der Waals surface area contributed by atoms with Crippen molar-refractivity contribution in [1.82, 2.24) is 0 Å². The number of fused-ring (bicyclic) bond motifs is 1. The molecule has 0 heterocycles. The Morgan fingerprint density at radius 3 is 2.84 bits per heavy atom. The second-order valence-corrected chi connectivity index (χ2v) is 8.72. The Hall–Kier alpha value is -0.456. The molecule has 0 aromatic heterocycles. The monoisotopic (exact) mass is 524 g/mol. The molecule has 1 radical (unpaired) electrons. The summed E-state index contributed by atoms with van der Waals surface area (Å²) in [6.45, 7) is 4.07. The van der Waals surface area contributed by atoms with Crippen molar-refractivity contribution >= 4 is 17.6 Å². The van der Waals surface area contributed by atoms with Crippen LogP contribution in [0.2, 0.25) is 0 Å². The number of hydrogen-bond donors (Lipinski definition) is 2. The van der Waals surface area contributed by atoms with Gasteiger partial charge in [0.05, 0.1) is 18.8 Å². The number of ether oxygens (including phenoxy) is 2. The predicted octanol–water partition coefficient (Wildman–Crippen LogP) is 4.14. The Morgan fingerprint density at radius 1 is 1.26 bits per heavy atom. The van der Waals surface area contributed by atoms with Gasteiger partial charge in [-0.1, -0.05) is 24.3 Å². The number of hydrogen-bond acceptors (Lipinski definition) is 5. The van der Waals surface area contributed by atoms with E-state index in [2.05, 4.69) is 19.1 Å². The standard InChI is InChI=1S/C24H32ClO5.Y/c1-2-29-24(28)11-6-4-3-5-8-16-19(22(27)14-20(16)25)15-30-23-10-7-9-17-18(23)12-13-21(17)26;/h3,5,7,9-10,16,19-22,26-27H,1-2,4,6,8,11-15H2;/q-1;/b5-3-;/t16-,19-,20-,21?,22-;/m1./s1. The van der Waals surface area contributed by atoms with Gasteiger partial charge in [-0.05, 0) is 62.7 Å². The van der Waals surface area contributed by atoms with E-state index >= 15 is 0 Å². The number of esters is 1. The van der Waals surface area contributed by atoms with Crippen LogP contribution >= 0.6 is 11.6 Å². The summed E-state index contributed by atoms with van der Waals surface area (Å²) in [5.74, 6) is 0.691. The molecule has 2 aliphatic carbocycles. The molecule has 5 atom stereocenters. The Bertz CT molecular complexity index is 741. The molecule has 1 unspecified atom stereocenters. The van der Waals surface area contributed by atoms with E-state index in [-0.39, 0.29) is 62.5 Å². The third-order valence-corrected chi connectivity index (χ3v) is 6.69. The normalized spacial score (nSPS) is 27.2. The number of rotatable bonds is 10. The van der Waals surface area contributed by atoms with Gasteiger partial charge in [0.1, 0.15) is 5.75 Å². The van der Waals surface area contributed by atoms with Crippen molar-refractivity contribution < 1.29 is 57.2 Å². The van der Waals surface area contributed by atoms with Crippen LogP contribution in [-0.2, 0) is 48.7 Å². The number of alkyl halides is 1. The van der Waals surface area contributed by atoms with Crippen LogP contribution in [0.1, 0.15) is 55.8 Å². The van der Waals surface area contributed by atoms with Gasteiger partial charge < -0.3 is 26.6 Å². The number of halogens is 1. The fourth-order valence-corrected chi connectivity index (χ4v) is 5.00. The zero-order valence-corrected chi connectivity index (χ0v) is 21.5. The zero-order valence-electron chi connectivity index (χ0n) is 17.9. The van der Waals surface area contributed by atoms with E-state index in [0.29, 0.717) is 19.4 Å². The molecule has 2 N–H and O–H groups in total. The van der Waals surface area contributed by atoms with Gasteiger partial charge in [-0.25, -0.2) is 0 Å². The number of aliphatic hydroxyl groups is 2. The van der Waals surface area contributed by atoms with Crippen molar-refractivity contribution in [3.05, 3.63) is 48.4 Å². The first kappa shape index (κ1) is 26.8. The van der Waals surface area contributed by atoms with E-state index in [0.717, 1.165) is 49.0 Å². The van der Waals surface area contributed by atoms with Crippen molar-refractivity contribution in [3.63, 3.8) is 0 Å². The molecule has 1 fully saturated rings. The molecule has 0 bridgehead atoms. The Labute approximate surface area is 215 Å². The maximum Gasteiger partial charge on any atom is 0.303 e. The van der Waals surface area contributed by atoms with Crippen molar-refractivity contribution in [1.29, 1.82) is 0 Å². The molecule has 5 nitrogen and oxygen atoms in total. The Morgan fingerprint density at radius 2 is 2.06 bits per heavy atom. The zero-order chi connectivity index (χ0) is 21.5. The summed E-state index contributed by atoms with van der Waals surface area (Å²) in [7, 11) is 0. The first-order valence-electron chi connectivity index (χ1n) is 10.9. The maximum absolute atomic E-state index is 11.3. The van der Waals surface area contributed by atoms with Crippen molar-refractivity contribution in [3.8, 4) is 5.75 Å². The van der Waals surface area contributed by atoms with Crippen LogP contribution in [0.25, 0.3) is 0 Å². The van der Waals surface area contributed by atoms with Crippen LogP contribution in [0, 0.1) is 18.8 Å². The molecule has 169 valence electrons. The van der Waals surface area contributed by atoms with Crippen LogP contribution in [0.5, 0.6) is 5.75 Å². The van der Waals surface area contributed by atoms with Gasteiger partial charge in [-0.2, -0.15) is 0 Å². The Kier molecular flexibility index (Phi) is 11.5. The van der Waals surface area contributed by atoms with Crippen LogP contribution in [0.4, 0.5) is 0 Å². The Balaban J connectivity index is 0.00000341. The van der Waals surface area contributed by atoms with Gasteiger partial charge in [-0.15, -0.1) is 11.6 Å². The topological polar surface area (TPSA) is 76.0 Å². The molecule has 0 saturated heterocycles. The molecular weight excluding hydrogens is 493 g/mol. The minimum atomic E-state index is -0.481. The second-order valence-electron chi connectivity index (χ2n) is 8.16. The van der Waals surface area contributed by atoms with Crippen LogP contribution in [0.3, 0.4) is 0 Å². The van der Waals surface area contributed by atoms with E-state index in [1.54, 1.807) is 0 Å². The summed E-state index contributed by atoms with van der Waals surface area (Å²) < 4.78 is 10.9. The first-order valence-corrected chi connectivity index (χ1v) is 11.3. The largest absolute Gasteiger partial charge is 0.499 e. The van der Waals surface area contributed by atoms with E-state index in [4.69, 9.17) is 21.1 Å². The van der Waals surface area contributed by atoms with E-state index < -0.39 is 12.2 Å². The number of carbonyl (C=O) groups excluding carboxylic acids is 1. The molecule has 0 amide bonds. The second kappa shape index (κ2) is 13.3. The molecule has 7 heteroatoms. The fraction of sp³-hybridized carbons (Fsp3) is 0.583. The van der Waals surface area contributed by atoms with Crippen LogP contribution in [0.15, 0.2) is 30.4 Å². The average molecular weight is 525 g/mol. The molecule has 0 spiro atoms. The van der Waals surface area contributed by atoms with Crippen molar-refractivity contribution in [2.45, 2.75) is 62.5 Å². The summed E-state index contributed by atoms with van der Waals surface area (Å²) in [4.78, 5) is 11.3. The van der Waals surface area contributed by atoms with E-state index in [1.165, 1.54) is 0 Å². The molecule has 1 aromatic carbocycles. The van der Waals surface area contributed by atoms with Crippen LogP contribution < -0.4 is 4.74 Å². The van der Waals surface area contributed by atoms with Gasteiger partial charge >= 0.3 is 5.97 Å². The summed E-state index contributed by atoms with van der Waals surface area (Å²) in [6.07, 6.45) is 8.08. The van der Waals surface area contributed by atoms with Gasteiger partial charge in [0, 0.05) is 56.0 Å². The molecule has 3 rings (SSSR count). The number of unbranched alkanes of at least 4 members (excludes halogenated alkanes) is 1. The predicted molar refractivity (Wildman–Crippen MR) is 116 cm³/mol. The number of carbonyl (C=O) groups is 1. The van der Waals surface area contributed by atoms with Gasteiger partial charge in [0.2, 0.25) is 0 Å². The average Bonchev–Trinajstić information content (AvgIpc) is 3.22. The summed E-state index contributed by atoms with van der Waals surface area (Å²) >= 11 is 6.53. The third-order valence-electron chi connectivity index (χ3n) is 6.19. The van der Waals surface area contributed by atoms with Crippen LogP contribution in [-0.4, -0.2) is 40.9 Å². The number of allylic oxidation sites excluding steroid dienone is 2. The SMILES string of the molecule is [CH2-]COC(=O)CCC/C=C\C[C@@H]1[C@@H](COc2cccc3c2CCC3O)[C@H](O)C[C@H]1Cl.[Y]. The molecule has 2 aliphatic rings. The van der Waals surface area contributed by atoms with Crippen molar-refractivity contribution in [2.75, 3.05) is 13.2 Å². The van der Waals surface area contributed by atoms with E-state index in [9.17, 15) is 15.0 Å². The molecular formula is C24H32ClO5Y-. The third kappa shape index (κ3) is 7.27. The smallest absolute Gasteiger partial charge is 0.303 e. The van der Waals surface area contributed by atoms with Gasteiger partial charge in [-0.3, -0.25) is 4.79 Å². The van der Waals surface area contributed by atoms with E-state index in [1.807, 2.05) is 18.2 Å². The molecule has 1 saturated carbocycles. The quantitative estimate of drug-likeness (QED) is 0.158. The number of benzene rings is 1.